The average Bonchev–Trinajstić information content (AvgIpc) is 2.46. The van der Waals surface area contributed by atoms with Crippen LogP contribution >= 0.6 is 11.8 Å². The number of rotatable bonds is 7. The van der Waals surface area contributed by atoms with E-state index < -0.39 is 0 Å². The van der Waals surface area contributed by atoms with E-state index in [-0.39, 0.29) is 22.9 Å². The molecule has 1 aromatic carbocycles. The van der Waals surface area contributed by atoms with Crippen LogP contribution in [0.4, 0.5) is 5.69 Å². The molecule has 0 aromatic heterocycles. The lowest BCUT2D eigenvalue weighted by Gasteiger charge is -2.18. The van der Waals surface area contributed by atoms with Gasteiger partial charge in [0.05, 0.1) is 17.6 Å². The van der Waals surface area contributed by atoms with Gasteiger partial charge in [-0.25, -0.2) is 0 Å². The maximum absolute atomic E-state index is 12.3. The molecule has 1 rings (SSSR count). The number of hydrogen-bond acceptors (Lipinski definition) is 4. The first-order chi connectivity index (χ1) is 10.4. The van der Waals surface area contributed by atoms with Gasteiger partial charge in [0.1, 0.15) is 0 Å². The Morgan fingerprint density at radius 3 is 2.55 bits per heavy atom. The highest BCUT2D eigenvalue weighted by Crippen LogP contribution is 2.28. The van der Waals surface area contributed by atoms with Gasteiger partial charge in [-0.2, -0.15) is 0 Å². The Morgan fingerprint density at radius 2 is 1.95 bits per heavy atom. The van der Waals surface area contributed by atoms with Crippen molar-refractivity contribution in [1.29, 1.82) is 0 Å². The molecule has 0 fully saturated rings. The van der Waals surface area contributed by atoms with Gasteiger partial charge in [-0.1, -0.05) is 32.0 Å². The van der Waals surface area contributed by atoms with E-state index in [0.29, 0.717) is 12.5 Å². The van der Waals surface area contributed by atoms with Crippen LogP contribution in [0.3, 0.4) is 0 Å². The van der Waals surface area contributed by atoms with Crippen LogP contribution in [0.15, 0.2) is 18.2 Å². The SMILES string of the molecule is CCOC(=O)CSC(C)C(=O)Nc1c(C)cccc1C(C)C. The van der Waals surface area contributed by atoms with Crippen LogP contribution in [0.2, 0.25) is 0 Å². The van der Waals surface area contributed by atoms with Gasteiger partial charge >= 0.3 is 5.97 Å². The predicted octanol–water partition coefficient (Wildman–Crippen LogP) is 3.74. The third kappa shape index (κ3) is 5.37. The number of carbonyl (C=O) groups is 2. The molecule has 0 saturated heterocycles. The number of hydrogen-bond donors (Lipinski definition) is 1. The first kappa shape index (κ1) is 18.6. The molecular formula is C17H25NO3S. The summed E-state index contributed by atoms with van der Waals surface area (Å²) >= 11 is 1.29. The minimum absolute atomic E-state index is 0.0921. The fraction of sp³-hybridized carbons (Fsp3) is 0.529. The molecule has 5 heteroatoms. The summed E-state index contributed by atoms with van der Waals surface area (Å²) in [5, 5.41) is 2.69. The lowest BCUT2D eigenvalue weighted by atomic mass is 9.98. The fourth-order valence-electron chi connectivity index (χ4n) is 2.04. The van der Waals surface area contributed by atoms with Crippen LogP contribution in [0.5, 0.6) is 0 Å². The van der Waals surface area contributed by atoms with Gasteiger partial charge in [0.15, 0.2) is 0 Å². The molecule has 1 aromatic rings. The first-order valence-corrected chi connectivity index (χ1v) is 8.59. The third-order valence-electron chi connectivity index (χ3n) is 3.30. The van der Waals surface area contributed by atoms with E-state index in [4.69, 9.17) is 4.74 Å². The molecule has 0 radical (unpaired) electrons. The number of anilines is 1. The molecule has 0 aliphatic carbocycles. The highest BCUT2D eigenvalue weighted by Gasteiger charge is 2.18. The van der Waals surface area contributed by atoms with E-state index >= 15 is 0 Å². The maximum Gasteiger partial charge on any atom is 0.315 e. The number of ether oxygens (including phenoxy) is 1. The topological polar surface area (TPSA) is 55.4 Å². The van der Waals surface area contributed by atoms with Gasteiger partial charge in [-0.05, 0) is 37.8 Å². The van der Waals surface area contributed by atoms with Crippen molar-refractivity contribution in [3.63, 3.8) is 0 Å². The molecule has 0 aliphatic heterocycles. The zero-order chi connectivity index (χ0) is 16.7. The molecular weight excluding hydrogens is 298 g/mol. The molecule has 22 heavy (non-hydrogen) atoms. The number of para-hydroxylation sites is 1. The van der Waals surface area contributed by atoms with Gasteiger partial charge in [0.25, 0.3) is 0 Å². The standard InChI is InChI=1S/C17H25NO3S/c1-6-21-15(19)10-22-13(5)17(20)18-16-12(4)8-7-9-14(16)11(2)3/h7-9,11,13H,6,10H2,1-5H3,(H,18,20). The molecule has 0 spiro atoms. The van der Waals surface area contributed by atoms with Crippen molar-refractivity contribution >= 4 is 29.3 Å². The summed E-state index contributed by atoms with van der Waals surface area (Å²) in [5.74, 6) is 0.141. The molecule has 0 saturated carbocycles. The summed E-state index contributed by atoms with van der Waals surface area (Å²) in [6.07, 6.45) is 0. The van der Waals surface area contributed by atoms with Crippen LogP contribution in [0, 0.1) is 6.92 Å². The van der Waals surface area contributed by atoms with Gasteiger partial charge in [0.2, 0.25) is 5.91 Å². The highest BCUT2D eigenvalue weighted by molar-refractivity contribution is 8.01. The van der Waals surface area contributed by atoms with Gasteiger partial charge in [0, 0.05) is 5.69 Å². The van der Waals surface area contributed by atoms with E-state index in [1.807, 2.05) is 25.1 Å². The van der Waals surface area contributed by atoms with E-state index in [0.717, 1.165) is 16.8 Å². The molecule has 1 amide bonds. The van der Waals surface area contributed by atoms with Gasteiger partial charge in [-0.15, -0.1) is 11.8 Å². The lowest BCUT2D eigenvalue weighted by molar-refractivity contribution is -0.139. The van der Waals surface area contributed by atoms with Gasteiger partial charge < -0.3 is 10.1 Å². The van der Waals surface area contributed by atoms with Crippen LogP contribution in [0.1, 0.15) is 44.7 Å². The highest BCUT2D eigenvalue weighted by atomic mass is 32.2. The predicted molar refractivity (Wildman–Crippen MR) is 92.5 cm³/mol. The zero-order valence-corrected chi connectivity index (χ0v) is 14.8. The van der Waals surface area contributed by atoms with Crippen LogP contribution in [-0.2, 0) is 14.3 Å². The molecule has 1 N–H and O–H groups in total. The summed E-state index contributed by atoms with van der Waals surface area (Å²) < 4.78 is 4.87. The van der Waals surface area contributed by atoms with Gasteiger partial charge in [-0.3, -0.25) is 9.59 Å². The van der Waals surface area contributed by atoms with Crippen LogP contribution < -0.4 is 5.32 Å². The summed E-state index contributed by atoms with van der Waals surface area (Å²) in [6.45, 7) is 10.1. The second kappa shape index (κ2) is 8.83. The quantitative estimate of drug-likeness (QED) is 0.777. The molecule has 1 unspecified atom stereocenters. The molecule has 1 atom stereocenters. The van der Waals surface area contributed by atoms with Crippen molar-refractivity contribution in [2.24, 2.45) is 0 Å². The second-order valence-electron chi connectivity index (χ2n) is 5.44. The van der Waals surface area contributed by atoms with Crippen molar-refractivity contribution in [2.75, 3.05) is 17.7 Å². The molecule has 4 nitrogen and oxygen atoms in total. The van der Waals surface area contributed by atoms with Crippen molar-refractivity contribution in [3.8, 4) is 0 Å². The molecule has 122 valence electrons. The van der Waals surface area contributed by atoms with Crippen molar-refractivity contribution in [1.82, 2.24) is 0 Å². The Bertz CT molecular complexity index is 529. The summed E-state index contributed by atoms with van der Waals surface area (Å²) in [7, 11) is 0. The van der Waals surface area contributed by atoms with E-state index in [9.17, 15) is 9.59 Å². The average molecular weight is 323 g/mol. The minimum Gasteiger partial charge on any atom is -0.465 e. The summed E-state index contributed by atoms with van der Waals surface area (Å²) in [5.41, 5.74) is 3.05. The third-order valence-corrected chi connectivity index (χ3v) is 4.42. The van der Waals surface area contributed by atoms with Crippen LogP contribution in [0.25, 0.3) is 0 Å². The Balaban J connectivity index is 2.70. The summed E-state index contributed by atoms with van der Waals surface area (Å²) in [6, 6.07) is 6.01. The number of carbonyl (C=O) groups excluding carboxylic acids is 2. The van der Waals surface area contributed by atoms with E-state index in [1.165, 1.54) is 11.8 Å². The Hall–Kier alpha value is -1.49. The Labute approximate surface area is 137 Å². The molecule has 0 bridgehead atoms. The van der Waals surface area contributed by atoms with Crippen molar-refractivity contribution in [2.45, 2.75) is 45.8 Å². The fourth-order valence-corrected chi connectivity index (χ4v) is 2.72. The normalized spacial score (nSPS) is 12.1. The number of nitrogens with one attached hydrogen (secondary N) is 1. The number of thioether (sulfide) groups is 1. The maximum atomic E-state index is 12.3. The number of amides is 1. The number of esters is 1. The van der Waals surface area contributed by atoms with Crippen molar-refractivity contribution in [3.05, 3.63) is 29.3 Å². The van der Waals surface area contributed by atoms with Crippen LogP contribution in [-0.4, -0.2) is 29.5 Å². The van der Waals surface area contributed by atoms with Crippen molar-refractivity contribution < 1.29 is 14.3 Å². The van der Waals surface area contributed by atoms with E-state index in [2.05, 4.69) is 19.2 Å². The molecule has 0 heterocycles. The molecule has 0 aliphatic rings. The number of benzene rings is 1. The largest absolute Gasteiger partial charge is 0.465 e. The minimum atomic E-state index is -0.316. The van der Waals surface area contributed by atoms with E-state index in [1.54, 1.807) is 13.8 Å². The summed E-state index contributed by atoms with van der Waals surface area (Å²) in [4.78, 5) is 23.7. The second-order valence-corrected chi connectivity index (χ2v) is 6.77. The Morgan fingerprint density at radius 1 is 1.27 bits per heavy atom. The monoisotopic (exact) mass is 323 g/mol. The Kier molecular flexibility index (Phi) is 7.45. The smallest absolute Gasteiger partial charge is 0.315 e. The number of aryl methyl sites for hydroxylation is 1. The first-order valence-electron chi connectivity index (χ1n) is 7.54. The zero-order valence-electron chi connectivity index (χ0n) is 13.9. The lowest BCUT2D eigenvalue weighted by Crippen LogP contribution is -2.25.